The van der Waals surface area contributed by atoms with Crippen LogP contribution >= 0.6 is 0 Å². The van der Waals surface area contributed by atoms with Gasteiger partial charge in [0.15, 0.2) is 0 Å². The molecule has 5 heteroatoms. The molecule has 0 saturated carbocycles. The summed E-state index contributed by atoms with van der Waals surface area (Å²) in [5, 5.41) is 4.59. The van der Waals surface area contributed by atoms with Crippen LogP contribution in [0, 0.1) is 0 Å². The molecule has 5 nitrogen and oxygen atoms in total. The lowest BCUT2D eigenvalue weighted by molar-refractivity contribution is 0.0539. The second kappa shape index (κ2) is 9.07. The molecule has 2 aliphatic heterocycles. The molecular formula is C32H29N3O2. The average molecular weight is 488 g/mol. The molecule has 1 saturated heterocycles. The van der Waals surface area contributed by atoms with Gasteiger partial charge in [0.05, 0.1) is 17.9 Å². The van der Waals surface area contributed by atoms with Crippen molar-refractivity contribution in [2.75, 3.05) is 6.61 Å². The van der Waals surface area contributed by atoms with E-state index in [1.54, 1.807) is 0 Å². The first-order valence-corrected chi connectivity index (χ1v) is 13.2. The number of benzene rings is 3. The molecule has 2 bridgehead atoms. The maximum absolute atomic E-state index is 13.5. The fraction of sp³-hybridized carbons (Fsp3) is 0.250. The number of para-hydroxylation sites is 1. The van der Waals surface area contributed by atoms with E-state index in [2.05, 4.69) is 78.0 Å². The molecule has 2 unspecified atom stereocenters. The summed E-state index contributed by atoms with van der Waals surface area (Å²) in [6.07, 6.45) is 10.1. The molecule has 184 valence electrons. The Bertz CT molecular complexity index is 1440. The van der Waals surface area contributed by atoms with E-state index < -0.39 is 0 Å². The minimum Gasteiger partial charge on any atom is -0.448 e. The Morgan fingerprint density at radius 2 is 1.59 bits per heavy atom. The Hall–Kier alpha value is -4.12. The van der Waals surface area contributed by atoms with Crippen molar-refractivity contribution in [2.24, 2.45) is 0 Å². The summed E-state index contributed by atoms with van der Waals surface area (Å²) in [5.74, 6) is 0.0795. The summed E-state index contributed by atoms with van der Waals surface area (Å²) < 4.78 is 7.98. The van der Waals surface area contributed by atoms with Crippen molar-refractivity contribution in [1.29, 1.82) is 0 Å². The molecule has 3 aliphatic rings. The van der Waals surface area contributed by atoms with Crippen molar-refractivity contribution in [3.8, 4) is 16.8 Å². The summed E-state index contributed by atoms with van der Waals surface area (Å²) in [6.45, 7) is 0.364. The predicted molar refractivity (Wildman–Crippen MR) is 144 cm³/mol. The van der Waals surface area contributed by atoms with Gasteiger partial charge in [-0.05, 0) is 65.6 Å². The van der Waals surface area contributed by atoms with Gasteiger partial charge in [-0.1, -0.05) is 72.8 Å². The van der Waals surface area contributed by atoms with Gasteiger partial charge in [0.25, 0.3) is 0 Å². The highest BCUT2D eigenvalue weighted by Gasteiger charge is 2.39. The SMILES string of the molecule is O=C(OCC1c2ccccc2-c2ccccc21)N1C2C=C(c3cnn(-c4ccccc4)c3)CC1CCC2. The fourth-order valence-electron chi connectivity index (χ4n) is 6.41. The molecule has 1 fully saturated rings. The van der Waals surface area contributed by atoms with Crippen LogP contribution in [-0.4, -0.2) is 39.5 Å². The highest BCUT2D eigenvalue weighted by molar-refractivity contribution is 5.79. The molecule has 0 N–H and O–H groups in total. The Morgan fingerprint density at radius 3 is 2.32 bits per heavy atom. The monoisotopic (exact) mass is 487 g/mol. The van der Waals surface area contributed by atoms with Crippen LogP contribution in [-0.2, 0) is 4.74 Å². The first kappa shape index (κ1) is 22.1. The first-order valence-electron chi connectivity index (χ1n) is 13.2. The molecule has 1 amide bonds. The Kier molecular flexibility index (Phi) is 5.42. The molecule has 0 spiro atoms. The van der Waals surface area contributed by atoms with E-state index in [4.69, 9.17) is 4.74 Å². The second-order valence-corrected chi connectivity index (χ2v) is 10.3. The maximum Gasteiger partial charge on any atom is 0.410 e. The van der Waals surface area contributed by atoms with Gasteiger partial charge in [-0.15, -0.1) is 0 Å². The van der Waals surface area contributed by atoms with E-state index in [0.29, 0.717) is 6.61 Å². The van der Waals surface area contributed by atoms with Gasteiger partial charge in [0, 0.05) is 23.7 Å². The number of carbonyl (C=O) groups is 1. The topological polar surface area (TPSA) is 47.4 Å². The van der Waals surface area contributed by atoms with Crippen molar-refractivity contribution in [2.45, 2.75) is 43.7 Å². The molecule has 3 heterocycles. The van der Waals surface area contributed by atoms with E-state index >= 15 is 0 Å². The molecular weight excluding hydrogens is 458 g/mol. The lowest BCUT2D eigenvalue weighted by Gasteiger charge is -2.44. The molecule has 37 heavy (non-hydrogen) atoms. The average Bonchev–Trinajstić information content (AvgIpc) is 3.55. The molecule has 7 rings (SSSR count). The van der Waals surface area contributed by atoms with E-state index in [0.717, 1.165) is 36.9 Å². The standard InChI is InChI=1S/C32H29N3O2/c36-32(37-21-31-29-15-6-4-13-27(29)28-14-5-7-16-30(28)31)35-25-11-8-12-26(35)18-22(17-25)23-19-33-34(20-23)24-9-2-1-3-10-24/h1-7,9-10,13-17,19-20,25-26,31H,8,11-12,18,21H2. The number of aromatic nitrogens is 2. The molecule has 4 aromatic rings. The lowest BCUT2D eigenvalue weighted by Crippen LogP contribution is -2.51. The Labute approximate surface area is 217 Å². The summed E-state index contributed by atoms with van der Waals surface area (Å²) >= 11 is 0. The minimum atomic E-state index is -0.188. The van der Waals surface area contributed by atoms with E-state index in [1.165, 1.54) is 27.8 Å². The largest absolute Gasteiger partial charge is 0.448 e. The number of rotatable bonds is 4. The maximum atomic E-state index is 13.5. The highest BCUT2D eigenvalue weighted by atomic mass is 16.6. The zero-order valence-corrected chi connectivity index (χ0v) is 20.7. The van der Waals surface area contributed by atoms with Gasteiger partial charge in [0.1, 0.15) is 6.61 Å². The second-order valence-electron chi connectivity index (χ2n) is 10.3. The van der Waals surface area contributed by atoms with Crippen LogP contribution in [0.5, 0.6) is 0 Å². The first-order chi connectivity index (χ1) is 18.3. The molecule has 1 aliphatic carbocycles. The number of hydrogen-bond donors (Lipinski definition) is 0. The summed E-state index contributed by atoms with van der Waals surface area (Å²) in [4.78, 5) is 15.5. The number of hydrogen-bond acceptors (Lipinski definition) is 3. The van der Waals surface area contributed by atoms with Crippen LogP contribution < -0.4 is 0 Å². The van der Waals surface area contributed by atoms with Crippen LogP contribution in [0.3, 0.4) is 0 Å². The molecule has 3 aromatic carbocycles. The zero-order chi connectivity index (χ0) is 24.8. The Balaban J connectivity index is 1.10. The van der Waals surface area contributed by atoms with Crippen LogP contribution in [0.4, 0.5) is 4.79 Å². The van der Waals surface area contributed by atoms with Gasteiger partial charge in [0.2, 0.25) is 0 Å². The molecule has 2 atom stereocenters. The third kappa shape index (κ3) is 3.86. The molecule has 1 aromatic heterocycles. The van der Waals surface area contributed by atoms with Crippen LogP contribution in [0.1, 0.15) is 48.3 Å². The number of carbonyl (C=O) groups excluding carboxylic acids is 1. The van der Waals surface area contributed by atoms with E-state index in [1.807, 2.05) is 34.0 Å². The number of piperidine rings is 1. The third-order valence-corrected chi connectivity index (χ3v) is 8.16. The number of fused-ring (bicyclic) bond motifs is 5. The van der Waals surface area contributed by atoms with Gasteiger partial charge < -0.3 is 4.74 Å². The summed E-state index contributed by atoms with van der Waals surface area (Å²) in [7, 11) is 0. The van der Waals surface area contributed by atoms with E-state index in [9.17, 15) is 4.79 Å². The smallest absolute Gasteiger partial charge is 0.410 e. The number of ether oxygens (including phenoxy) is 1. The van der Waals surface area contributed by atoms with Gasteiger partial charge >= 0.3 is 6.09 Å². The zero-order valence-electron chi connectivity index (χ0n) is 20.7. The van der Waals surface area contributed by atoms with Crippen LogP contribution in [0.15, 0.2) is 97.3 Å². The molecule has 0 radical (unpaired) electrons. The lowest BCUT2D eigenvalue weighted by atomic mass is 9.84. The van der Waals surface area contributed by atoms with Crippen molar-refractivity contribution in [3.63, 3.8) is 0 Å². The van der Waals surface area contributed by atoms with Gasteiger partial charge in [-0.25, -0.2) is 9.48 Å². The third-order valence-electron chi connectivity index (χ3n) is 8.16. The highest BCUT2D eigenvalue weighted by Crippen LogP contribution is 2.45. The van der Waals surface area contributed by atoms with Crippen molar-refractivity contribution >= 4 is 11.7 Å². The minimum absolute atomic E-state index is 0.0678. The predicted octanol–water partition coefficient (Wildman–Crippen LogP) is 6.83. The summed E-state index contributed by atoms with van der Waals surface area (Å²) in [6, 6.07) is 27.3. The van der Waals surface area contributed by atoms with Crippen LogP contribution in [0.25, 0.3) is 22.4 Å². The quantitative estimate of drug-likeness (QED) is 0.317. The summed E-state index contributed by atoms with van der Waals surface area (Å²) in [5.41, 5.74) is 8.44. The number of nitrogens with zero attached hydrogens (tertiary/aromatic N) is 3. The van der Waals surface area contributed by atoms with Gasteiger partial charge in [-0.3, -0.25) is 4.90 Å². The van der Waals surface area contributed by atoms with Crippen molar-refractivity contribution in [1.82, 2.24) is 14.7 Å². The van der Waals surface area contributed by atoms with Crippen LogP contribution in [0.2, 0.25) is 0 Å². The van der Waals surface area contributed by atoms with E-state index in [-0.39, 0.29) is 24.1 Å². The normalized spacial score (nSPS) is 20.2. The fourth-order valence-corrected chi connectivity index (χ4v) is 6.41. The Morgan fingerprint density at radius 1 is 0.892 bits per heavy atom. The van der Waals surface area contributed by atoms with Crippen molar-refractivity contribution < 1.29 is 9.53 Å². The van der Waals surface area contributed by atoms with Crippen molar-refractivity contribution in [3.05, 3.63) is 114 Å². The van der Waals surface area contributed by atoms with Gasteiger partial charge in [-0.2, -0.15) is 5.10 Å². The number of amides is 1.